The minimum atomic E-state index is -0.338. The largest absolute Gasteiger partial charge is 0.459 e. The number of fused-ring (bicyclic) bond motifs is 1. The molecule has 0 atom stereocenters. The van der Waals surface area contributed by atoms with Crippen LogP contribution in [-0.4, -0.2) is 27.9 Å². The van der Waals surface area contributed by atoms with Crippen molar-refractivity contribution >= 4 is 28.5 Å². The molecule has 4 rings (SSSR count). The number of amides is 2. The molecule has 0 bridgehead atoms. The van der Waals surface area contributed by atoms with Gasteiger partial charge in [0.15, 0.2) is 5.76 Å². The fourth-order valence-corrected chi connectivity index (χ4v) is 3.17. The van der Waals surface area contributed by atoms with Gasteiger partial charge >= 0.3 is 0 Å². The topological polar surface area (TPSA) is 89.2 Å². The first-order valence-electron chi connectivity index (χ1n) is 9.27. The van der Waals surface area contributed by atoms with Crippen LogP contribution in [0.4, 0.5) is 5.69 Å². The molecule has 2 amide bonds. The van der Waals surface area contributed by atoms with Gasteiger partial charge in [-0.2, -0.15) is 0 Å². The summed E-state index contributed by atoms with van der Waals surface area (Å²) in [7, 11) is 0. The molecule has 0 aliphatic rings. The molecule has 146 valence electrons. The van der Waals surface area contributed by atoms with Crippen molar-refractivity contribution in [2.45, 2.75) is 13.5 Å². The van der Waals surface area contributed by atoms with Gasteiger partial charge in [-0.1, -0.05) is 12.1 Å². The number of aryl methyl sites for hydroxylation is 1. The van der Waals surface area contributed by atoms with Gasteiger partial charge in [0.25, 0.3) is 11.8 Å². The summed E-state index contributed by atoms with van der Waals surface area (Å²) in [6, 6.07) is 17.9. The summed E-state index contributed by atoms with van der Waals surface area (Å²) in [4.78, 5) is 28.9. The second-order valence-corrected chi connectivity index (χ2v) is 6.56. The van der Waals surface area contributed by atoms with E-state index in [2.05, 4.69) is 20.2 Å². The summed E-state index contributed by atoms with van der Waals surface area (Å²) < 4.78 is 7.14. The van der Waals surface area contributed by atoms with Crippen molar-refractivity contribution in [1.29, 1.82) is 0 Å². The Bertz CT molecular complexity index is 1140. The van der Waals surface area contributed by atoms with Crippen molar-refractivity contribution in [2.75, 3.05) is 11.9 Å². The number of nitrogens with one attached hydrogen (secondary N) is 2. The van der Waals surface area contributed by atoms with Crippen LogP contribution in [0.5, 0.6) is 0 Å². The maximum Gasteiger partial charge on any atom is 0.291 e. The number of benzene rings is 2. The fourth-order valence-electron chi connectivity index (χ4n) is 3.17. The number of rotatable bonds is 6. The number of imidazole rings is 1. The molecule has 29 heavy (non-hydrogen) atoms. The Balaban J connectivity index is 1.34. The van der Waals surface area contributed by atoms with Gasteiger partial charge in [-0.25, -0.2) is 4.98 Å². The minimum absolute atomic E-state index is 0.170. The lowest BCUT2D eigenvalue weighted by atomic mass is 10.2. The second-order valence-electron chi connectivity index (χ2n) is 6.56. The van der Waals surface area contributed by atoms with Gasteiger partial charge in [0.2, 0.25) is 0 Å². The smallest absolute Gasteiger partial charge is 0.291 e. The Morgan fingerprint density at radius 2 is 1.79 bits per heavy atom. The van der Waals surface area contributed by atoms with Crippen molar-refractivity contribution in [3.05, 3.63) is 84.1 Å². The molecule has 0 spiro atoms. The Morgan fingerprint density at radius 1 is 1.00 bits per heavy atom. The summed E-state index contributed by atoms with van der Waals surface area (Å²) >= 11 is 0. The van der Waals surface area contributed by atoms with E-state index in [9.17, 15) is 9.59 Å². The monoisotopic (exact) mass is 388 g/mol. The highest BCUT2D eigenvalue weighted by Crippen LogP contribution is 2.15. The number of carbonyl (C=O) groups excluding carboxylic acids is 2. The van der Waals surface area contributed by atoms with E-state index in [4.69, 9.17) is 4.42 Å². The van der Waals surface area contributed by atoms with Crippen molar-refractivity contribution in [2.24, 2.45) is 0 Å². The van der Waals surface area contributed by atoms with E-state index < -0.39 is 0 Å². The number of para-hydroxylation sites is 2. The van der Waals surface area contributed by atoms with Crippen LogP contribution in [0, 0.1) is 6.92 Å². The first kappa shape index (κ1) is 18.5. The highest BCUT2D eigenvalue weighted by Gasteiger charge is 2.11. The van der Waals surface area contributed by atoms with Gasteiger partial charge in [-0.3, -0.25) is 9.59 Å². The minimum Gasteiger partial charge on any atom is -0.459 e. The van der Waals surface area contributed by atoms with Crippen molar-refractivity contribution < 1.29 is 14.0 Å². The maximum absolute atomic E-state index is 12.4. The van der Waals surface area contributed by atoms with Crippen molar-refractivity contribution in [3.63, 3.8) is 0 Å². The molecule has 2 heterocycles. The van der Waals surface area contributed by atoms with Crippen LogP contribution in [-0.2, 0) is 6.54 Å². The lowest BCUT2D eigenvalue weighted by Gasteiger charge is -2.09. The number of anilines is 1. The maximum atomic E-state index is 12.4. The quantitative estimate of drug-likeness (QED) is 0.528. The number of nitrogens with zero attached hydrogens (tertiary/aromatic N) is 2. The Hall–Kier alpha value is -3.87. The number of hydrogen-bond acceptors (Lipinski definition) is 4. The molecule has 0 aliphatic heterocycles. The normalized spacial score (nSPS) is 10.8. The highest BCUT2D eigenvalue weighted by molar-refractivity contribution is 6.02. The first-order chi connectivity index (χ1) is 14.1. The van der Waals surface area contributed by atoms with E-state index >= 15 is 0 Å². The molecule has 0 aliphatic carbocycles. The molecular weight excluding hydrogens is 368 g/mol. The number of hydrogen-bond donors (Lipinski definition) is 2. The highest BCUT2D eigenvalue weighted by atomic mass is 16.3. The van der Waals surface area contributed by atoms with Crippen LogP contribution >= 0.6 is 0 Å². The summed E-state index contributed by atoms with van der Waals surface area (Å²) in [5, 5.41) is 5.64. The molecule has 2 aromatic heterocycles. The summed E-state index contributed by atoms with van der Waals surface area (Å²) in [5.74, 6) is 0.636. The first-order valence-corrected chi connectivity index (χ1v) is 9.27. The van der Waals surface area contributed by atoms with Gasteiger partial charge in [0.1, 0.15) is 5.82 Å². The van der Waals surface area contributed by atoms with Crippen LogP contribution in [0.3, 0.4) is 0 Å². The van der Waals surface area contributed by atoms with E-state index in [0.29, 0.717) is 24.3 Å². The zero-order chi connectivity index (χ0) is 20.2. The predicted octanol–water partition coefficient (Wildman–Crippen LogP) is 3.62. The zero-order valence-corrected chi connectivity index (χ0v) is 15.9. The summed E-state index contributed by atoms with van der Waals surface area (Å²) in [6.07, 6.45) is 1.44. The molecule has 4 aromatic rings. The molecule has 0 fully saturated rings. The molecule has 0 radical (unpaired) electrons. The van der Waals surface area contributed by atoms with Crippen LogP contribution in [0.25, 0.3) is 11.0 Å². The lowest BCUT2D eigenvalue weighted by Crippen LogP contribution is -2.27. The summed E-state index contributed by atoms with van der Waals surface area (Å²) in [5.41, 5.74) is 3.11. The van der Waals surface area contributed by atoms with E-state index in [0.717, 1.165) is 16.9 Å². The van der Waals surface area contributed by atoms with Crippen molar-refractivity contribution in [1.82, 2.24) is 14.9 Å². The molecular formula is C22H20N4O3. The second kappa shape index (κ2) is 8.02. The number of furan rings is 1. The standard InChI is InChI=1S/C22H20N4O3/c1-15-24-18-5-2-3-6-19(18)26(15)13-12-23-21(27)16-8-10-17(11-9-16)25-22(28)20-7-4-14-29-20/h2-11,14H,12-13H2,1H3,(H,23,27)(H,25,28). The average molecular weight is 388 g/mol. The Labute approximate surface area is 167 Å². The van der Waals surface area contributed by atoms with Gasteiger partial charge in [0, 0.05) is 24.3 Å². The molecule has 2 N–H and O–H groups in total. The number of aromatic nitrogens is 2. The van der Waals surface area contributed by atoms with E-state index in [1.165, 1.54) is 6.26 Å². The van der Waals surface area contributed by atoms with Gasteiger partial charge in [-0.15, -0.1) is 0 Å². The van der Waals surface area contributed by atoms with Crippen LogP contribution in [0.1, 0.15) is 26.7 Å². The van der Waals surface area contributed by atoms with Gasteiger partial charge in [-0.05, 0) is 55.5 Å². The molecule has 2 aromatic carbocycles. The molecule has 0 unspecified atom stereocenters. The van der Waals surface area contributed by atoms with Crippen LogP contribution in [0.2, 0.25) is 0 Å². The molecule has 7 nitrogen and oxygen atoms in total. The van der Waals surface area contributed by atoms with Crippen LogP contribution in [0.15, 0.2) is 71.3 Å². The van der Waals surface area contributed by atoms with E-state index in [1.807, 2.05) is 31.2 Å². The zero-order valence-electron chi connectivity index (χ0n) is 15.9. The van der Waals surface area contributed by atoms with Gasteiger partial charge < -0.3 is 19.6 Å². The number of carbonyl (C=O) groups is 2. The fraction of sp³-hybridized carbons (Fsp3) is 0.136. The van der Waals surface area contributed by atoms with Gasteiger partial charge in [0.05, 0.1) is 17.3 Å². The molecule has 0 saturated heterocycles. The molecule has 0 saturated carbocycles. The summed E-state index contributed by atoms with van der Waals surface area (Å²) in [6.45, 7) is 3.07. The van der Waals surface area contributed by atoms with E-state index in [1.54, 1.807) is 36.4 Å². The predicted molar refractivity (Wildman–Crippen MR) is 110 cm³/mol. The van der Waals surface area contributed by atoms with Crippen LogP contribution < -0.4 is 10.6 Å². The van der Waals surface area contributed by atoms with E-state index in [-0.39, 0.29) is 17.6 Å². The third-order valence-corrected chi connectivity index (χ3v) is 4.62. The molecule has 7 heteroatoms. The van der Waals surface area contributed by atoms with Crippen molar-refractivity contribution in [3.8, 4) is 0 Å². The third-order valence-electron chi connectivity index (χ3n) is 4.62. The Kier molecular flexibility index (Phi) is 5.11. The SMILES string of the molecule is Cc1nc2ccccc2n1CCNC(=O)c1ccc(NC(=O)c2ccco2)cc1. The average Bonchev–Trinajstić information content (AvgIpc) is 3.37. The third kappa shape index (κ3) is 4.03. The lowest BCUT2D eigenvalue weighted by molar-refractivity contribution is 0.0951. The Morgan fingerprint density at radius 3 is 2.55 bits per heavy atom.